The third-order valence-electron chi connectivity index (χ3n) is 3.91. The number of nitrogens with one attached hydrogen (secondary N) is 3. The van der Waals surface area contributed by atoms with Crippen LogP contribution in [0.1, 0.15) is 17.3 Å². The zero-order valence-electron chi connectivity index (χ0n) is 16.1. The summed E-state index contributed by atoms with van der Waals surface area (Å²) < 4.78 is 10.8. The van der Waals surface area contributed by atoms with Crippen molar-refractivity contribution in [2.45, 2.75) is 13.0 Å². The van der Waals surface area contributed by atoms with Gasteiger partial charge in [-0.1, -0.05) is 12.6 Å². The summed E-state index contributed by atoms with van der Waals surface area (Å²) in [5.41, 5.74) is 1.76. The number of H-pyrrole nitrogens is 1. The monoisotopic (exact) mass is 395 g/mol. The molecule has 0 radical (unpaired) electrons. The molecule has 0 bridgehead atoms. The van der Waals surface area contributed by atoms with Crippen LogP contribution in [-0.4, -0.2) is 46.5 Å². The number of anilines is 1. The Hall–Kier alpha value is -3.72. The fourth-order valence-electron chi connectivity index (χ4n) is 2.64. The molecule has 2 amide bonds. The van der Waals surface area contributed by atoms with Gasteiger partial charge in [0, 0.05) is 31.1 Å². The Bertz CT molecular complexity index is 1050. The van der Waals surface area contributed by atoms with Gasteiger partial charge < -0.3 is 25.1 Å². The first-order valence-corrected chi connectivity index (χ1v) is 8.85. The highest BCUT2D eigenvalue weighted by Gasteiger charge is 2.17. The third-order valence-corrected chi connectivity index (χ3v) is 3.91. The number of hydrogen-bond donors (Lipinski definition) is 3. The summed E-state index contributed by atoms with van der Waals surface area (Å²) in [5, 5.41) is 5.49. The molecule has 0 saturated heterocycles. The van der Waals surface area contributed by atoms with Gasteiger partial charge in [-0.25, -0.2) is 9.97 Å². The van der Waals surface area contributed by atoms with Gasteiger partial charge in [-0.05, 0) is 25.1 Å². The Labute approximate surface area is 167 Å². The van der Waals surface area contributed by atoms with Gasteiger partial charge >= 0.3 is 0 Å². The van der Waals surface area contributed by atoms with Crippen molar-refractivity contribution in [2.75, 3.05) is 19.0 Å². The molecule has 0 saturated carbocycles. The molecule has 0 unspecified atom stereocenters. The van der Waals surface area contributed by atoms with Crippen LogP contribution in [0.15, 0.2) is 49.3 Å². The van der Waals surface area contributed by atoms with E-state index >= 15 is 0 Å². The molecule has 0 aliphatic carbocycles. The molecule has 2 heterocycles. The Morgan fingerprint density at radius 3 is 2.97 bits per heavy atom. The van der Waals surface area contributed by atoms with E-state index < -0.39 is 0 Å². The van der Waals surface area contributed by atoms with Crippen LogP contribution in [0.3, 0.4) is 0 Å². The molecule has 3 rings (SSSR count). The lowest BCUT2D eigenvalue weighted by Gasteiger charge is -2.12. The lowest BCUT2D eigenvalue weighted by Crippen LogP contribution is -2.35. The molecule has 3 aromatic rings. The number of amides is 2. The topological polar surface area (TPSA) is 118 Å². The van der Waals surface area contributed by atoms with Crippen molar-refractivity contribution in [2.24, 2.45) is 0 Å². The maximum absolute atomic E-state index is 12.5. The van der Waals surface area contributed by atoms with E-state index in [1.54, 1.807) is 37.6 Å². The van der Waals surface area contributed by atoms with Crippen molar-refractivity contribution in [1.82, 2.24) is 20.3 Å². The maximum atomic E-state index is 12.5. The van der Waals surface area contributed by atoms with Crippen LogP contribution < -0.4 is 15.4 Å². The normalized spacial score (nSPS) is 11.7. The van der Waals surface area contributed by atoms with Gasteiger partial charge in [0.1, 0.15) is 11.3 Å². The highest BCUT2D eigenvalue weighted by atomic mass is 16.5. The molecule has 1 atom stereocenters. The molecule has 3 N–H and O–H groups in total. The molecule has 150 valence electrons. The molecule has 0 fully saturated rings. The number of ether oxygens (including phenoxy) is 2. The summed E-state index contributed by atoms with van der Waals surface area (Å²) in [6.45, 7) is 5.65. The number of aromatic nitrogens is 3. The number of aromatic amines is 1. The van der Waals surface area contributed by atoms with Gasteiger partial charge in [-0.15, -0.1) is 0 Å². The second kappa shape index (κ2) is 8.98. The van der Waals surface area contributed by atoms with Gasteiger partial charge in [0.15, 0.2) is 5.65 Å². The minimum absolute atomic E-state index is 0.154. The average molecular weight is 395 g/mol. The summed E-state index contributed by atoms with van der Waals surface area (Å²) in [6.07, 6.45) is 4.18. The molecule has 0 aliphatic heterocycles. The largest absolute Gasteiger partial charge is 0.437 e. The van der Waals surface area contributed by atoms with Crippen LogP contribution in [-0.2, 0) is 9.53 Å². The first kappa shape index (κ1) is 20.0. The van der Waals surface area contributed by atoms with Crippen LogP contribution in [0.25, 0.3) is 11.2 Å². The molecule has 9 heteroatoms. The molecule has 29 heavy (non-hydrogen) atoms. The molecule has 0 aliphatic rings. The van der Waals surface area contributed by atoms with Gasteiger partial charge in [-0.2, -0.15) is 0 Å². The second-order valence-electron chi connectivity index (χ2n) is 6.26. The number of rotatable bonds is 8. The Morgan fingerprint density at radius 2 is 2.21 bits per heavy atom. The van der Waals surface area contributed by atoms with Crippen LogP contribution in [0.5, 0.6) is 11.6 Å². The fourth-order valence-corrected chi connectivity index (χ4v) is 2.64. The van der Waals surface area contributed by atoms with E-state index in [1.807, 2.05) is 6.92 Å². The van der Waals surface area contributed by atoms with Crippen LogP contribution in [0, 0.1) is 0 Å². The van der Waals surface area contributed by atoms with Gasteiger partial charge in [0.2, 0.25) is 11.8 Å². The van der Waals surface area contributed by atoms with Crippen molar-refractivity contribution in [3.63, 3.8) is 0 Å². The van der Waals surface area contributed by atoms with Gasteiger partial charge in [0.05, 0.1) is 18.4 Å². The predicted molar refractivity (Wildman–Crippen MR) is 108 cm³/mol. The Kier molecular flexibility index (Phi) is 6.20. The standard InChI is InChI=1S/C20H21N5O4/c1-4-16(26)24-13-6-5-7-14(8-13)29-17-10-22-19-18(25-17)15(9-21-19)20(27)23-12(2)11-28-3/h4-10,12H,1,11H2,2-3H3,(H,21,22)(H,23,27)(H,24,26)/t12-/m1/s1. The molecular formula is C20H21N5O4. The molecule has 1 aromatic carbocycles. The van der Waals surface area contributed by atoms with Gasteiger partial charge in [-0.3, -0.25) is 9.59 Å². The minimum Gasteiger partial charge on any atom is -0.437 e. The van der Waals surface area contributed by atoms with Crippen LogP contribution >= 0.6 is 0 Å². The first-order chi connectivity index (χ1) is 14.0. The zero-order valence-corrected chi connectivity index (χ0v) is 16.1. The summed E-state index contributed by atoms with van der Waals surface area (Å²) >= 11 is 0. The summed E-state index contributed by atoms with van der Waals surface area (Å²) in [7, 11) is 1.57. The SMILES string of the molecule is C=CC(=O)Nc1cccc(Oc2cnc3[nH]cc(C(=O)N[C@H](C)COC)c3n2)c1. The summed E-state index contributed by atoms with van der Waals surface area (Å²) in [5.74, 6) is 0.0504. The van der Waals surface area contributed by atoms with Crippen molar-refractivity contribution < 1.29 is 19.1 Å². The number of benzene rings is 1. The number of carbonyl (C=O) groups excluding carboxylic acids is 2. The van der Waals surface area contributed by atoms with Crippen molar-refractivity contribution in [3.8, 4) is 11.6 Å². The predicted octanol–water partition coefficient (Wildman–Crippen LogP) is 2.64. The lowest BCUT2D eigenvalue weighted by atomic mass is 10.2. The maximum Gasteiger partial charge on any atom is 0.255 e. The van der Waals surface area contributed by atoms with E-state index in [-0.39, 0.29) is 23.7 Å². The zero-order chi connectivity index (χ0) is 20.8. The molecule has 0 spiro atoms. The average Bonchev–Trinajstić information content (AvgIpc) is 3.11. The van der Waals surface area contributed by atoms with Crippen molar-refractivity contribution in [3.05, 3.63) is 54.9 Å². The number of nitrogens with zero attached hydrogens (tertiary/aromatic N) is 2. The Balaban J connectivity index is 1.81. The molecular weight excluding hydrogens is 374 g/mol. The molecule has 2 aromatic heterocycles. The van der Waals surface area contributed by atoms with Crippen LogP contribution in [0.4, 0.5) is 5.69 Å². The molecule has 9 nitrogen and oxygen atoms in total. The number of fused-ring (bicyclic) bond motifs is 1. The summed E-state index contributed by atoms with van der Waals surface area (Å²) in [4.78, 5) is 35.5. The smallest absolute Gasteiger partial charge is 0.255 e. The minimum atomic E-state index is -0.325. The van der Waals surface area contributed by atoms with Crippen molar-refractivity contribution in [1.29, 1.82) is 0 Å². The lowest BCUT2D eigenvalue weighted by molar-refractivity contribution is -0.111. The second-order valence-corrected chi connectivity index (χ2v) is 6.26. The van der Waals surface area contributed by atoms with Crippen LogP contribution in [0.2, 0.25) is 0 Å². The number of methoxy groups -OCH3 is 1. The van der Waals surface area contributed by atoms with E-state index in [9.17, 15) is 9.59 Å². The summed E-state index contributed by atoms with van der Waals surface area (Å²) in [6, 6.07) is 6.65. The van der Waals surface area contributed by atoms with E-state index in [0.717, 1.165) is 0 Å². The number of carbonyl (C=O) groups is 2. The highest BCUT2D eigenvalue weighted by molar-refractivity contribution is 6.04. The first-order valence-electron chi connectivity index (χ1n) is 8.85. The highest BCUT2D eigenvalue weighted by Crippen LogP contribution is 2.24. The third kappa shape index (κ3) is 4.96. The van der Waals surface area contributed by atoms with E-state index in [4.69, 9.17) is 9.47 Å². The van der Waals surface area contributed by atoms with Crippen molar-refractivity contribution >= 4 is 28.7 Å². The fraction of sp³-hybridized carbons (Fsp3) is 0.200. The van der Waals surface area contributed by atoms with E-state index in [1.165, 1.54) is 12.3 Å². The van der Waals surface area contributed by atoms with Gasteiger partial charge in [0.25, 0.3) is 5.91 Å². The quantitative estimate of drug-likeness (QED) is 0.505. The van der Waals surface area contributed by atoms with E-state index in [0.29, 0.717) is 34.8 Å². The Morgan fingerprint density at radius 1 is 1.38 bits per heavy atom. The van der Waals surface area contributed by atoms with E-state index in [2.05, 4.69) is 32.2 Å². The number of hydrogen-bond acceptors (Lipinski definition) is 6.